The number of fused-ring (bicyclic) bond motifs is 1. The second kappa shape index (κ2) is 9.79. The molecule has 1 unspecified atom stereocenters. The number of unbranched alkanes of at least 4 members (excludes halogenated alkanes) is 1. The number of amides is 1. The van der Waals surface area contributed by atoms with Crippen molar-refractivity contribution in [3.8, 4) is 5.75 Å². The Hall–Kier alpha value is -2.44. The SMILES string of the molecule is CCCCOc1cccc(C(=O)N(CC2CCCO2)c2nc3cc(C)cc(C)c3s2)c1. The molecule has 0 spiro atoms. The van der Waals surface area contributed by atoms with Crippen LogP contribution in [-0.2, 0) is 4.74 Å². The van der Waals surface area contributed by atoms with E-state index in [1.807, 2.05) is 24.3 Å². The number of benzene rings is 2. The zero-order chi connectivity index (χ0) is 21.8. The largest absolute Gasteiger partial charge is 0.494 e. The molecule has 164 valence electrons. The summed E-state index contributed by atoms with van der Waals surface area (Å²) in [6.45, 7) is 8.23. The number of hydrogen-bond donors (Lipinski definition) is 0. The molecule has 1 aromatic heterocycles. The van der Waals surface area contributed by atoms with Gasteiger partial charge in [0.25, 0.3) is 5.91 Å². The zero-order valence-electron chi connectivity index (χ0n) is 18.5. The van der Waals surface area contributed by atoms with Crippen LogP contribution in [0.25, 0.3) is 10.2 Å². The first kappa shape index (κ1) is 21.8. The van der Waals surface area contributed by atoms with E-state index in [1.54, 1.807) is 16.2 Å². The van der Waals surface area contributed by atoms with Gasteiger partial charge in [-0.25, -0.2) is 4.98 Å². The van der Waals surface area contributed by atoms with Crippen molar-refractivity contribution in [3.05, 3.63) is 53.1 Å². The van der Waals surface area contributed by atoms with E-state index in [-0.39, 0.29) is 12.0 Å². The Bertz CT molecular complexity index is 1060. The minimum atomic E-state index is -0.0649. The van der Waals surface area contributed by atoms with Crippen LogP contribution in [0, 0.1) is 13.8 Å². The van der Waals surface area contributed by atoms with Gasteiger partial charge in [0.15, 0.2) is 5.13 Å². The number of carbonyl (C=O) groups is 1. The van der Waals surface area contributed by atoms with E-state index in [0.29, 0.717) is 18.7 Å². The molecule has 0 radical (unpaired) electrons. The highest BCUT2D eigenvalue weighted by Gasteiger charge is 2.27. The van der Waals surface area contributed by atoms with Crippen LogP contribution in [0.15, 0.2) is 36.4 Å². The fourth-order valence-electron chi connectivity index (χ4n) is 3.93. The second-order valence-corrected chi connectivity index (χ2v) is 9.18. The van der Waals surface area contributed by atoms with Crippen molar-refractivity contribution in [2.75, 3.05) is 24.7 Å². The van der Waals surface area contributed by atoms with E-state index in [0.717, 1.165) is 53.4 Å². The lowest BCUT2D eigenvalue weighted by Crippen LogP contribution is -2.37. The first-order valence-corrected chi connectivity index (χ1v) is 11.9. The van der Waals surface area contributed by atoms with Crippen LogP contribution in [0.1, 0.15) is 54.1 Å². The molecule has 4 rings (SSSR count). The van der Waals surface area contributed by atoms with Crippen molar-refractivity contribution < 1.29 is 14.3 Å². The van der Waals surface area contributed by atoms with Crippen molar-refractivity contribution in [2.45, 2.75) is 52.6 Å². The fraction of sp³-hybridized carbons (Fsp3) is 0.440. The molecule has 3 aromatic rings. The average molecular weight is 439 g/mol. The summed E-state index contributed by atoms with van der Waals surface area (Å²) in [7, 11) is 0. The van der Waals surface area contributed by atoms with Crippen molar-refractivity contribution in [1.29, 1.82) is 0 Å². The number of aromatic nitrogens is 1. The predicted octanol–water partition coefficient (Wildman–Crippen LogP) is 5.92. The van der Waals surface area contributed by atoms with Crippen molar-refractivity contribution in [1.82, 2.24) is 4.98 Å². The van der Waals surface area contributed by atoms with Gasteiger partial charge in [-0.1, -0.05) is 36.8 Å². The molecular formula is C25H30N2O3S. The summed E-state index contributed by atoms with van der Waals surface area (Å²) in [6, 6.07) is 11.7. The normalized spacial score (nSPS) is 16.0. The number of aryl methyl sites for hydroxylation is 2. The summed E-state index contributed by atoms with van der Waals surface area (Å²) in [5.41, 5.74) is 3.92. The zero-order valence-corrected chi connectivity index (χ0v) is 19.3. The van der Waals surface area contributed by atoms with Crippen LogP contribution in [0.3, 0.4) is 0 Å². The van der Waals surface area contributed by atoms with Gasteiger partial charge in [0, 0.05) is 12.2 Å². The van der Waals surface area contributed by atoms with Gasteiger partial charge in [-0.05, 0) is 68.5 Å². The number of rotatable bonds is 8. The van der Waals surface area contributed by atoms with E-state index in [2.05, 4.69) is 32.9 Å². The van der Waals surface area contributed by atoms with Gasteiger partial charge in [-0.15, -0.1) is 0 Å². The third-order valence-corrected chi connectivity index (χ3v) is 6.77. The van der Waals surface area contributed by atoms with E-state index < -0.39 is 0 Å². The Morgan fingerprint density at radius 3 is 2.94 bits per heavy atom. The Balaban J connectivity index is 1.66. The number of ether oxygens (including phenoxy) is 2. The highest BCUT2D eigenvalue weighted by atomic mass is 32.1. The van der Waals surface area contributed by atoms with Crippen LogP contribution in [0.5, 0.6) is 5.75 Å². The summed E-state index contributed by atoms with van der Waals surface area (Å²) < 4.78 is 12.8. The van der Waals surface area contributed by atoms with Crippen molar-refractivity contribution in [3.63, 3.8) is 0 Å². The molecule has 1 aliphatic rings. The second-order valence-electron chi connectivity index (χ2n) is 8.21. The molecule has 0 aliphatic carbocycles. The Kier molecular flexibility index (Phi) is 6.88. The van der Waals surface area contributed by atoms with Gasteiger partial charge in [0.05, 0.1) is 29.5 Å². The molecule has 2 aromatic carbocycles. The molecule has 1 amide bonds. The number of hydrogen-bond acceptors (Lipinski definition) is 5. The maximum absolute atomic E-state index is 13.6. The summed E-state index contributed by atoms with van der Waals surface area (Å²) in [5.74, 6) is 0.664. The molecule has 0 bridgehead atoms. The number of nitrogens with zero attached hydrogens (tertiary/aromatic N) is 2. The quantitative estimate of drug-likeness (QED) is 0.410. The van der Waals surface area contributed by atoms with Crippen LogP contribution in [0.2, 0.25) is 0 Å². The molecule has 2 heterocycles. The maximum atomic E-state index is 13.6. The standard InChI is InChI=1S/C25H30N2O3S/c1-4-5-11-29-20-9-6-8-19(15-20)24(28)27(16-21-10-7-12-30-21)25-26-22-14-17(2)13-18(3)23(22)31-25/h6,8-9,13-15,21H,4-5,7,10-12,16H2,1-3H3. The van der Waals surface area contributed by atoms with Crippen LogP contribution < -0.4 is 9.64 Å². The van der Waals surface area contributed by atoms with Crippen molar-refractivity contribution in [2.24, 2.45) is 0 Å². The van der Waals surface area contributed by atoms with Gasteiger partial charge in [0.1, 0.15) is 5.75 Å². The molecule has 1 fully saturated rings. The van der Waals surface area contributed by atoms with Crippen LogP contribution in [-0.4, -0.2) is 36.8 Å². The Morgan fingerprint density at radius 1 is 1.29 bits per heavy atom. The molecule has 31 heavy (non-hydrogen) atoms. The molecule has 0 saturated carbocycles. The lowest BCUT2D eigenvalue weighted by molar-refractivity contribution is 0.0917. The fourth-order valence-corrected chi connectivity index (χ4v) is 4.95. The topological polar surface area (TPSA) is 51.7 Å². The summed E-state index contributed by atoms with van der Waals surface area (Å²) >= 11 is 1.58. The van der Waals surface area contributed by atoms with Crippen molar-refractivity contribution >= 4 is 32.6 Å². The van der Waals surface area contributed by atoms with E-state index in [4.69, 9.17) is 14.5 Å². The first-order chi connectivity index (χ1) is 15.0. The Morgan fingerprint density at radius 2 is 2.16 bits per heavy atom. The number of carbonyl (C=O) groups excluding carboxylic acids is 1. The summed E-state index contributed by atoms with van der Waals surface area (Å²) in [5, 5.41) is 0.724. The monoisotopic (exact) mass is 438 g/mol. The number of thiazole rings is 1. The van der Waals surface area contributed by atoms with Crippen LogP contribution >= 0.6 is 11.3 Å². The molecular weight excluding hydrogens is 408 g/mol. The average Bonchev–Trinajstić information content (AvgIpc) is 3.42. The van der Waals surface area contributed by atoms with Gasteiger partial charge < -0.3 is 9.47 Å². The number of anilines is 1. The molecule has 1 saturated heterocycles. The minimum Gasteiger partial charge on any atom is -0.494 e. The lowest BCUT2D eigenvalue weighted by atomic mass is 10.1. The molecule has 1 atom stereocenters. The first-order valence-electron chi connectivity index (χ1n) is 11.1. The summed E-state index contributed by atoms with van der Waals surface area (Å²) in [6.07, 6.45) is 4.11. The van der Waals surface area contributed by atoms with Gasteiger partial charge in [-0.3, -0.25) is 9.69 Å². The molecule has 0 N–H and O–H groups in total. The molecule has 6 heteroatoms. The van der Waals surface area contributed by atoms with Gasteiger partial charge >= 0.3 is 0 Å². The molecule has 1 aliphatic heterocycles. The van der Waals surface area contributed by atoms with Gasteiger partial charge in [0.2, 0.25) is 0 Å². The summed E-state index contributed by atoms with van der Waals surface area (Å²) in [4.78, 5) is 20.3. The van der Waals surface area contributed by atoms with E-state index >= 15 is 0 Å². The molecule has 5 nitrogen and oxygen atoms in total. The third kappa shape index (κ3) is 5.08. The predicted molar refractivity (Wildman–Crippen MR) is 127 cm³/mol. The lowest BCUT2D eigenvalue weighted by Gasteiger charge is -2.23. The third-order valence-electron chi connectivity index (χ3n) is 5.54. The van der Waals surface area contributed by atoms with E-state index in [1.165, 1.54) is 11.1 Å². The highest BCUT2D eigenvalue weighted by molar-refractivity contribution is 7.22. The highest BCUT2D eigenvalue weighted by Crippen LogP contribution is 2.34. The smallest absolute Gasteiger partial charge is 0.260 e. The minimum absolute atomic E-state index is 0.0442. The van der Waals surface area contributed by atoms with E-state index in [9.17, 15) is 4.79 Å². The van der Waals surface area contributed by atoms with Crippen LogP contribution in [0.4, 0.5) is 5.13 Å². The maximum Gasteiger partial charge on any atom is 0.260 e. The van der Waals surface area contributed by atoms with Gasteiger partial charge in [-0.2, -0.15) is 0 Å². The Labute approximate surface area is 188 Å².